The van der Waals surface area contributed by atoms with Crippen molar-refractivity contribution < 1.29 is 13.9 Å². The summed E-state index contributed by atoms with van der Waals surface area (Å²) in [5.41, 5.74) is 3.05. The lowest BCUT2D eigenvalue weighted by Crippen LogP contribution is -2.02. The van der Waals surface area contributed by atoms with Crippen molar-refractivity contribution in [3.8, 4) is 11.5 Å². The van der Waals surface area contributed by atoms with Crippen LogP contribution in [0.4, 0.5) is 4.39 Å². The van der Waals surface area contributed by atoms with E-state index in [9.17, 15) is 4.39 Å². The average Bonchev–Trinajstić information content (AvgIpc) is 2.46. The van der Waals surface area contributed by atoms with Crippen LogP contribution in [0.2, 0.25) is 0 Å². The van der Waals surface area contributed by atoms with Crippen LogP contribution in [0, 0.1) is 19.7 Å². The van der Waals surface area contributed by atoms with Crippen molar-refractivity contribution >= 4 is 11.6 Å². The molecule has 2 aromatic carbocycles. The van der Waals surface area contributed by atoms with Gasteiger partial charge in [0.25, 0.3) is 0 Å². The number of methoxy groups -OCH3 is 2. The first-order chi connectivity index (χ1) is 9.97. The summed E-state index contributed by atoms with van der Waals surface area (Å²) >= 11 is 6.48. The van der Waals surface area contributed by atoms with Gasteiger partial charge in [-0.1, -0.05) is 12.1 Å². The van der Waals surface area contributed by atoms with Crippen LogP contribution >= 0.6 is 11.6 Å². The first kappa shape index (κ1) is 15.6. The molecule has 2 aromatic rings. The predicted octanol–water partition coefficient (Wildman–Crippen LogP) is 4.79. The number of halogens is 2. The Kier molecular flexibility index (Phi) is 4.73. The Labute approximate surface area is 129 Å². The molecule has 0 aromatic heterocycles. The highest BCUT2D eigenvalue weighted by Gasteiger charge is 2.19. The molecule has 0 N–H and O–H groups in total. The number of hydrogen-bond acceptors (Lipinski definition) is 2. The maximum absolute atomic E-state index is 14.1. The lowest BCUT2D eigenvalue weighted by molar-refractivity contribution is 0.354. The summed E-state index contributed by atoms with van der Waals surface area (Å²) in [7, 11) is 3.14. The van der Waals surface area contributed by atoms with Gasteiger partial charge >= 0.3 is 0 Å². The van der Waals surface area contributed by atoms with Crippen molar-refractivity contribution in [1.82, 2.24) is 0 Å². The third-order valence-electron chi connectivity index (χ3n) is 3.47. The standard InChI is InChI=1S/C17H18ClFO2/c1-10-5-6-12(14(19)7-10)17(18)13-9-16(21-4)15(20-3)8-11(13)2/h5-9,17H,1-4H3. The average molecular weight is 309 g/mol. The fourth-order valence-corrected chi connectivity index (χ4v) is 2.69. The van der Waals surface area contributed by atoms with Crippen LogP contribution in [0.3, 0.4) is 0 Å². The molecule has 0 saturated carbocycles. The minimum atomic E-state index is -0.578. The molecule has 0 aliphatic heterocycles. The van der Waals surface area contributed by atoms with E-state index in [1.165, 1.54) is 6.07 Å². The quantitative estimate of drug-likeness (QED) is 0.756. The van der Waals surface area contributed by atoms with Crippen LogP contribution in [0.15, 0.2) is 30.3 Å². The minimum Gasteiger partial charge on any atom is -0.493 e. The van der Waals surface area contributed by atoms with Crippen LogP contribution in [0.1, 0.15) is 27.6 Å². The van der Waals surface area contributed by atoms with Crippen molar-refractivity contribution in [2.45, 2.75) is 19.2 Å². The summed E-state index contributed by atoms with van der Waals surface area (Å²) in [6, 6.07) is 8.70. The van der Waals surface area contributed by atoms with Gasteiger partial charge in [-0.05, 0) is 48.7 Å². The van der Waals surface area contributed by atoms with E-state index < -0.39 is 5.38 Å². The molecular formula is C17H18ClFO2. The van der Waals surface area contributed by atoms with Gasteiger partial charge in [0.05, 0.1) is 19.6 Å². The second kappa shape index (κ2) is 6.35. The third kappa shape index (κ3) is 3.13. The van der Waals surface area contributed by atoms with E-state index in [2.05, 4.69) is 0 Å². The molecule has 0 bridgehead atoms. The molecule has 4 heteroatoms. The van der Waals surface area contributed by atoms with E-state index in [-0.39, 0.29) is 5.82 Å². The summed E-state index contributed by atoms with van der Waals surface area (Å²) < 4.78 is 24.7. The van der Waals surface area contributed by atoms with Crippen LogP contribution in [-0.4, -0.2) is 14.2 Å². The van der Waals surface area contributed by atoms with Gasteiger partial charge in [0.1, 0.15) is 5.82 Å². The van der Waals surface area contributed by atoms with Crippen LogP contribution in [-0.2, 0) is 0 Å². The number of ether oxygens (including phenoxy) is 2. The highest BCUT2D eigenvalue weighted by atomic mass is 35.5. The maximum Gasteiger partial charge on any atom is 0.161 e. The van der Waals surface area contributed by atoms with E-state index in [0.29, 0.717) is 17.1 Å². The maximum atomic E-state index is 14.1. The van der Waals surface area contributed by atoms with Gasteiger partial charge in [0.15, 0.2) is 11.5 Å². The lowest BCUT2D eigenvalue weighted by atomic mass is 9.98. The van der Waals surface area contributed by atoms with Gasteiger partial charge in [-0.15, -0.1) is 11.6 Å². The predicted molar refractivity (Wildman–Crippen MR) is 83.1 cm³/mol. The number of benzene rings is 2. The molecule has 0 amide bonds. The van der Waals surface area contributed by atoms with Crippen molar-refractivity contribution in [1.29, 1.82) is 0 Å². The first-order valence-electron chi connectivity index (χ1n) is 6.60. The normalized spacial score (nSPS) is 12.1. The van der Waals surface area contributed by atoms with Crippen molar-refractivity contribution in [3.63, 3.8) is 0 Å². The SMILES string of the molecule is COc1cc(C)c(C(Cl)c2ccc(C)cc2F)cc1OC. The monoisotopic (exact) mass is 308 g/mol. The number of rotatable bonds is 4. The smallest absolute Gasteiger partial charge is 0.161 e. The van der Waals surface area contributed by atoms with Crippen LogP contribution in [0.5, 0.6) is 11.5 Å². The zero-order chi connectivity index (χ0) is 15.6. The van der Waals surface area contributed by atoms with Crippen LogP contribution < -0.4 is 9.47 Å². The van der Waals surface area contributed by atoms with Gasteiger partial charge in [-0.2, -0.15) is 0 Å². The highest BCUT2D eigenvalue weighted by Crippen LogP contribution is 2.38. The Morgan fingerprint density at radius 2 is 1.57 bits per heavy atom. The molecule has 0 saturated heterocycles. The molecule has 2 nitrogen and oxygen atoms in total. The van der Waals surface area contributed by atoms with Crippen molar-refractivity contribution in [2.24, 2.45) is 0 Å². The molecule has 0 fully saturated rings. The fraction of sp³-hybridized carbons (Fsp3) is 0.294. The fourth-order valence-electron chi connectivity index (χ4n) is 2.27. The lowest BCUT2D eigenvalue weighted by Gasteiger charge is -2.17. The summed E-state index contributed by atoms with van der Waals surface area (Å²) in [5, 5.41) is -0.578. The minimum absolute atomic E-state index is 0.302. The van der Waals surface area contributed by atoms with E-state index >= 15 is 0 Å². The van der Waals surface area contributed by atoms with E-state index in [0.717, 1.165) is 16.7 Å². The molecule has 0 spiro atoms. The Morgan fingerprint density at radius 3 is 2.14 bits per heavy atom. The van der Waals surface area contributed by atoms with Gasteiger partial charge in [-0.25, -0.2) is 4.39 Å². The summed E-state index contributed by atoms with van der Waals surface area (Å²) in [6.45, 7) is 3.76. The Hall–Kier alpha value is -1.74. The van der Waals surface area contributed by atoms with E-state index in [1.54, 1.807) is 26.4 Å². The van der Waals surface area contributed by atoms with Crippen molar-refractivity contribution in [2.75, 3.05) is 14.2 Å². The molecular weight excluding hydrogens is 291 g/mol. The van der Waals surface area contributed by atoms with Gasteiger partial charge < -0.3 is 9.47 Å². The number of alkyl halides is 1. The molecule has 1 unspecified atom stereocenters. The van der Waals surface area contributed by atoms with E-state index in [4.69, 9.17) is 21.1 Å². The van der Waals surface area contributed by atoms with Crippen LogP contribution in [0.25, 0.3) is 0 Å². The second-order valence-electron chi connectivity index (χ2n) is 4.95. The summed E-state index contributed by atoms with van der Waals surface area (Å²) in [6.07, 6.45) is 0. The number of aryl methyl sites for hydroxylation is 2. The molecule has 0 aliphatic rings. The summed E-state index contributed by atoms with van der Waals surface area (Å²) in [4.78, 5) is 0. The molecule has 1 atom stereocenters. The molecule has 112 valence electrons. The third-order valence-corrected chi connectivity index (χ3v) is 3.94. The Morgan fingerprint density at radius 1 is 0.952 bits per heavy atom. The topological polar surface area (TPSA) is 18.5 Å². The molecule has 21 heavy (non-hydrogen) atoms. The Bertz CT molecular complexity index is 655. The molecule has 0 heterocycles. The zero-order valence-corrected chi connectivity index (χ0v) is 13.3. The van der Waals surface area contributed by atoms with Crippen molar-refractivity contribution in [3.05, 3.63) is 58.4 Å². The molecule has 0 aliphatic carbocycles. The molecule has 2 rings (SSSR count). The van der Waals surface area contributed by atoms with Gasteiger partial charge in [0.2, 0.25) is 0 Å². The Balaban J connectivity index is 2.50. The zero-order valence-electron chi connectivity index (χ0n) is 12.5. The van der Waals surface area contributed by atoms with Gasteiger partial charge in [0, 0.05) is 5.56 Å². The second-order valence-corrected chi connectivity index (χ2v) is 5.39. The summed E-state index contributed by atoms with van der Waals surface area (Å²) in [5.74, 6) is 0.910. The highest BCUT2D eigenvalue weighted by molar-refractivity contribution is 6.22. The first-order valence-corrected chi connectivity index (χ1v) is 7.04. The van der Waals surface area contributed by atoms with Gasteiger partial charge in [-0.3, -0.25) is 0 Å². The van der Waals surface area contributed by atoms with E-state index in [1.807, 2.05) is 26.0 Å². The largest absolute Gasteiger partial charge is 0.493 e. The molecule has 0 radical (unpaired) electrons. The number of hydrogen-bond donors (Lipinski definition) is 0.